The third-order valence-corrected chi connectivity index (χ3v) is 7.50. The molecule has 4 nitrogen and oxygen atoms in total. The van der Waals surface area contributed by atoms with Crippen molar-refractivity contribution in [1.82, 2.24) is 0 Å². The van der Waals surface area contributed by atoms with Gasteiger partial charge >= 0.3 is 6.18 Å². The molecular weight excluding hydrogens is 563 g/mol. The fraction of sp³-hybridized carbons (Fsp3) is 0.568. The molecule has 0 aromatic heterocycles. The highest BCUT2D eigenvalue weighted by molar-refractivity contribution is 6.05. The van der Waals surface area contributed by atoms with E-state index in [1.54, 1.807) is 26.0 Å². The molecular formula is C37H56F3NO3. The molecule has 0 atom stereocenters. The van der Waals surface area contributed by atoms with Crippen LogP contribution in [0.4, 0.5) is 18.9 Å². The van der Waals surface area contributed by atoms with Gasteiger partial charge in [-0.05, 0) is 93.7 Å². The van der Waals surface area contributed by atoms with Crippen LogP contribution in [0.3, 0.4) is 0 Å². The largest absolute Gasteiger partial charge is 0.508 e. The molecule has 2 aromatic carbocycles. The van der Waals surface area contributed by atoms with E-state index < -0.39 is 11.7 Å². The van der Waals surface area contributed by atoms with Crippen molar-refractivity contribution in [2.45, 2.75) is 120 Å². The van der Waals surface area contributed by atoms with Gasteiger partial charge in [-0.2, -0.15) is 13.2 Å². The zero-order chi connectivity index (χ0) is 33.9. The highest BCUT2D eigenvalue weighted by Crippen LogP contribution is 2.39. The summed E-state index contributed by atoms with van der Waals surface area (Å²) in [5.74, 6) is 0.472. The number of aryl methyl sites for hydroxylation is 1. The molecule has 2 rings (SSSR count). The quantitative estimate of drug-likeness (QED) is 0.214. The van der Waals surface area contributed by atoms with Crippen molar-refractivity contribution in [3.05, 3.63) is 70.8 Å². The molecule has 0 aliphatic rings. The second-order valence-electron chi connectivity index (χ2n) is 11.6. The number of allylic oxidation sites excluding steroid dienone is 2. The zero-order valence-electron chi connectivity index (χ0n) is 28.5. The first-order valence-electron chi connectivity index (χ1n) is 16.0. The maximum atomic E-state index is 12.6. The standard InChI is InChI=1S/C15H26O2.C13H18F3N.C9H12O/c1-7-9-15(6,10-8-2)14(13(5)17)11(3)12(4)16;1-3-8-17(9-4-2)12-7-5-6-11(10-12)13(14,15)16;1-2-5-8-6-3-4-7-9(8)10/h7-10H2,1-6H3;5-7,10H,3-4,8-9H2,1-2H3;3-4,6-7,10H,2,5H2,1H3/b14-11-;;. The van der Waals surface area contributed by atoms with E-state index in [1.807, 2.05) is 36.9 Å². The molecule has 0 aliphatic heterocycles. The van der Waals surface area contributed by atoms with Gasteiger partial charge in [-0.1, -0.05) is 85.1 Å². The number of halogens is 3. The Balaban J connectivity index is 0.000000652. The van der Waals surface area contributed by atoms with Crippen LogP contribution < -0.4 is 4.90 Å². The second-order valence-corrected chi connectivity index (χ2v) is 11.6. The Morgan fingerprint density at radius 3 is 1.70 bits per heavy atom. The number of anilines is 1. The van der Waals surface area contributed by atoms with Crippen molar-refractivity contribution >= 4 is 17.3 Å². The van der Waals surface area contributed by atoms with Crippen molar-refractivity contribution in [1.29, 1.82) is 0 Å². The number of benzene rings is 2. The summed E-state index contributed by atoms with van der Waals surface area (Å²) < 4.78 is 37.8. The van der Waals surface area contributed by atoms with Crippen molar-refractivity contribution in [3.8, 4) is 5.75 Å². The van der Waals surface area contributed by atoms with Crippen LogP contribution >= 0.6 is 0 Å². The lowest BCUT2D eigenvalue weighted by Gasteiger charge is -2.32. The van der Waals surface area contributed by atoms with Crippen LogP contribution in [-0.2, 0) is 22.2 Å². The van der Waals surface area contributed by atoms with Gasteiger partial charge in [0.2, 0.25) is 0 Å². The number of rotatable bonds is 14. The van der Waals surface area contributed by atoms with Gasteiger partial charge in [-0.25, -0.2) is 0 Å². The van der Waals surface area contributed by atoms with Crippen LogP contribution in [0.1, 0.15) is 118 Å². The Morgan fingerprint density at radius 1 is 0.750 bits per heavy atom. The molecule has 0 amide bonds. The Bertz CT molecular complexity index is 1160. The molecule has 44 heavy (non-hydrogen) atoms. The number of alkyl halides is 3. The number of phenolic OH excluding ortho intramolecular Hbond substituents is 1. The number of para-hydroxylation sites is 1. The predicted octanol–water partition coefficient (Wildman–Crippen LogP) is 10.8. The van der Waals surface area contributed by atoms with Gasteiger partial charge in [-0.3, -0.25) is 9.59 Å². The minimum absolute atomic E-state index is 0.00799. The molecule has 0 aliphatic carbocycles. The summed E-state index contributed by atoms with van der Waals surface area (Å²) in [6.07, 6.45) is 3.61. The second kappa shape index (κ2) is 20.8. The van der Waals surface area contributed by atoms with E-state index in [9.17, 15) is 27.9 Å². The predicted molar refractivity (Wildman–Crippen MR) is 178 cm³/mol. The number of hydrogen-bond donors (Lipinski definition) is 1. The number of carbonyl (C=O) groups excluding carboxylic acids is 2. The molecule has 0 saturated heterocycles. The van der Waals surface area contributed by atoms with Gasteiger partial charge in [0.25, 0.3) is 0 Å². The number of carbonyl (C=O) groups is 2. The summed E-state index contributed by atoms with van der Waals surface area (Å²) in [5.41, 5.74) is 2.36. The van der Waals surface area contributed by atoms with E-state index in [0.717, 1.165) is 81.7 Å². The van der Waals surface area contributed by atoms with Crippen LogP contribution in [0.25, 0.3) is 0 Å². The third kappa shape index (κ3) is 14.1. The minimum Gasteiger partial charge on any atom is -0.508 e. The average Bonchev–Trinajstić information content (AvgIpc) is 2.94. The van der Waals surface area contributed by atoms with E-state index in [4.69, 9.17) is 0 Å². The molecule has 248 valence electrons. The van der Waals surface area contributed by atoms with Crippen molar-refractivity contribution in [3.63, 3.8) is 0 Å². The number of nitrogens with zero attached hydrogens (tertiary/aromatic N) is 1. The number of hydrogen-bond acceptors (Lipinski definition) is 4. The molecule has 0 saturated carbocycles. The summed E-state index contributed by atoms with van der Waals surface area (Å²) in [7, 11) is 0. The first kappa shape index (κ1) is 40.9. The van der Waals surface area contributed by atoms with Gasteiger partial charge in [-0.15, -0.1) is 0 Å². The SMILES string of the molecule is CCCC(C)(CCC)/C(C(C)=O)=C(/C)C(C)=O.CCCN(CCC)c1cccc(C(F)(F)F)c1.CCCc1ccccc1O. The Kier molecular flexibility index (Phi) is 19.3. The van der Waals surface area contributed by atoms with Crippen molar-refractivity contribution < 1.29 is 27.9 Å². The molecule has 7 heteroatoms. The van der Waals surface area contributed by atoms with Crippen LogP contribution in [0.2, 0.25) is 0 Å². The van der Waals surface area contributed by atoms with E-state index in [0.29, 0.717) is 17.0 Å². The topological polar surface area (TPSA) is 57.6 Å². The van der Waals surface area contributed by atoms with Crippen molar-refractivity contribution in [2.24, 2.45) is 5.41 Å². The lowest BCUT2D eigenvalue weighted by atomic mass is 9.71. The zero-order valence-corrected chi connectivity index (χ0v) is 28.5. The molecule has 0 fully saturated rings. The number of ketones is 2. The van der Waals surface area contributed by atoms with Gasteiger partial charge in [0.15, 0.2) is 11.6 Å². The highest BCUT2D eigenvalue weighted by atomic mass is 19.4. The molecule has 0 heterocycles. The third-order valence-electron chi connectivity index (χ3n) is 7.50. The smallest absolute Gasteiger partial charge is 0.416 e. The van der Waals surface area contributed by atoms with E-state index in [-0.39, 0.29) is 17.0 Å². The fourth-order valence-corrected chi connectivity index (χ4v) is 5.58. The lowest BCUT2D eigenvalue weighted by Crippen LogP contribution is -2.26. The van der Waals surface area contributed by atoms with E-state index in [1.165, 1.54) is 19.1 Å². The fourth-order valence-electron chi connectivity index (χ4n) is 5.58. The maximum absolute atomic E-state index is 12.6. The molecule has 0 radical (unpaired) electrons. The van der Waals surface area contributed by atoms with Crippen LogP contribution in [0.5, 0.6) is 5.75 Å². The minimum atomic E-state index is -4.26. The number of aromatic hydroxyl groups is 1. The Morgan fingerprint density at radius 2 is 1.30 bits per heavy atom. The summed E-state index contributed by atoms with van der Waals surface area (Å²) >= 11 is 0. The number of phenols is 1. The van der Waals surface area contributed by atoms with Gasteiger partial charge < -0.3 is 10.0 Å². The Labute approximate surface area is 264 Å². The van der Waals surface area contributed by atoms with E-state index >= 15 is 0 Å². The van der Waals surface area contributed by atoms with Crippen molar-refractivity contribution in [2.75, 3.05) is 18.0 Å². The van der Waals surface area contributed by atoms with E-state index in [2.05, 4.69) is 27.7 Å². The van der Waals surface area contributed by atoms with Crippen LogP contribution in [-0.4, -0.2) is 29.8 Å². The van der Waals surface area contributed by atoms with Gasteiger partial charge in [0.1, 0.15) is 5.75 Å². The van der Waals surface area contributed by atoms with Gasteiger partial charge in [0.05, 0.1) is 5.56 Å². The first-order valence-corrected chi connectivity index (χ1v) is 16.0. The normalized spacial score (nSPS) is 11.8. The molecule has 0 spiro atoms. The average molecular weight is 620 g/mol. The summed E-state index contributed by atoms with van der Waals surface area (Å²) in [6, 6.07) is 13.0. The monoisotopic (exact) mass is 619 g/mol. The summed E-state index contributed by atoms with van der Waals surface area (Å²) in [4.78, 5) is 25.4. The van der Waals surface area contributed by atoms with Crippen LogP contribution in [0, 0.1) is 5.41 Å². The van der Waals surface area contributed by atoms with Crippen LogP contribution in [0.15, 0.2) is 59.7 Å². The summed E-state index contributed by atoms with van der Waals surface area (Å²) in [5, 5.41) is 9.24. The first-order chi connectivity index (χ1) is 20.6. The highest BCUT2D eigenvalue weighted by Gasteiger charge is 2.32. The molecule has 0 unspecified atom stereocenters. The summed E-state index contributed by atoms with van der Waals surface area (Å²) in [6.45, 7) is 19.0. The maximum Gasteiger partial charge on any atom is 0.416 e. The molecule has 2 aromatic rings. The van der Waals surface area contributed by atoms with Gasteiger partial charge in [0, 0.05) is 24.4 Å². The lowest BCUT2D eigenvalue weighted by molar-refractivity contribution is -0.137. The molecule has 0 bridgehead atoms. The number of Topliss-reactive ketones (excluding diaryl/α,β-unsaturated/α-hetero) is 2. The molecule has 1 N–H and O–H groups in total. The Hall–Kier alpha value is -3.09.